The van der Waals surface area contributed by atoms with Crippen molar-refractivity contribution < 1.29 is 9.59 Å². The van der Waals surface area contributed by atoms with Gasteiger partial charge in [-0.3, -0.25) is 19.5 Å². The molecule has 0 saturated heterocycles. The van der Waals surface area contributed by atoms with Gasteiger partial charge >= 0.3 is 0 Å². The van der Waals surface area contributed by atoms with E-state index in [1.807, 2.05) is 0 Å². The molecule has 0 fully saturated rings. The second-order valence-corrected chi connectivity index (χ2v) is 10.6. The molecule has 2 aromatic rings. The van der Waals surface area contributed by atoms with Crippen LogP contribution in [-0.4, -0.2) is 76.5 Å². The fourth-order valence-electron chi connectivity index (χ4n) is 4.22. The van der Waals surface area contributed by atoms with Gasteiger partial charge < -0.3 is 20.6 Å². The third kappa shape index (κ3) is 6.47. The molecule has 0 spiro atoms. The highest BCUT2D eigenvalue weighted by Crippen LogP contribution is 2.39. The normalized spacial score (nSPS) is 20.0. The number of aliphatic imine (C=N–C) groups is 1. The van der Waals surface area contributed by atoms with Crippen LogP contribution in [0.1, 0.15) is 58.6 Å². The number of carbonyl (C=O) groups excluding carboxylic acids is 2. The van der Waals surface area contributed by atoms with E-state index in [2.05, 4.69) is 57.5 Å². The Morgan fingerprint density at radius 2 is 1.65 bits per heavy atom. The second-order valence-electron chi connectivity index (χ2n) is 9.15. The van der Waals surface area contributed by atoms with Crippen molar-refractivity contribution in [1.29, 1.82) is 0 Å². The molecule has 0 aromatic carbocycles. The molecular weight excluding hydrogens is 452 g/mol. The quantitative estimate of drug-likeness (QED) is 0.370. The van der Waals surface area contributed by atoms with Crippen LogP contribution in [0, 0.1) is 0 Å². The summed E-state index contributed by atoms with van der Waals surface area (Å²) in [7, 11) is 0. The summed E-state index contributed by atoms with van der Waals surface area (Å²) in [5.41, 5.74) is 5.81. The number of H-pyrrole nitrogens is 2. The van der Waals surface area contributed by atoms with Crippen LogP contribution in [0.4, 0.5) is 0 Å². The molecule has 11 heteroatoms. The summed E-state index contributed by atoms with van der Waals surface area (Å²) in [5, 5.41) is -0.736. The molecule has 0 saturated carbocycles. The van der Waals surface area contributed by atoms with E-state index < -0.39 is 16.0 Å². The maximum atomic E-state index is 13.4. The maximum Gasteiger partial charge on any atom is 0.258 e. The van der Waals surface area contributed by atoms with Crippen LogP contribution in [0.2, 0.25) is 0 Å². The summed E-state index contributed by atoms with van der Waals surface area (Å²) in [6.45, 7) is 10.3. The largest absolute Gasteiger partial charge is 0.368 e. The van der Waals surface area contributed by atoms with Crippen molar-refractivity contribution in [2.75, 3.05) is 6.54 Å². The van der Waals surface area contributed by atoms with E-state index in [1.54, 1.807) is 35.9 Å². The van der Waals surface area contributed by atoms with E-state index >= 15 is 0 Å². The number of rotatable bonds is 13. The number of hydrogen-bond acceptors (Lipinski definition) is 7. The van der Waals surface area contributed by atoms with Crippen molar-refractivity contribution in [2.24, 2.45) is 10.7 Å². The summed E-state index contributed by atoms with van der Waals surface area (Å²) in [4.78, 5) is 48.9. The lowest BCUT2D eigenvalue weighted by Gasteiger charge is -2.31. The van der Waals surface area contributed by atoms with Gasteiger partial charge in [-0.25, -0.2) is 9.97 Å². The second kappa shape index (κ2) is 11.7. The van der Waals surface area contributed by atoms with Crippen LogP contribution in [0.3, 0.4) is 0 Å². The summed E-state index contributed by atoms with van der Waals surface area (Å²) >= 11 is 1.24. The number of hydrogen-bond donors (Lipinski definition) is 3. The van der Waals surface area contributed by atoms with Gasteiger partial charge in [-0.15, -0.1) is 11.8 Å². The summed E-state index contributed by atoms with van der Waals surface area (Å²) in [6, 6.07) is 0.924. The summed E-state index contributed by atoms with van der Waals surface area (Å²) in [5.74, 6) is 0.661. The molecule has 1 aliphatic rings. The molecule has 4 N–H and O–H groups in total. The zero-order chi connectivity index (χ0) is 24.7. The lowest BCUT2D eigenvalue weighted by molar-refractivity contribution is -0.131. The molecule has 2 aromatic heterocycles. The molecule has 3 rings (SSSR count). The molecular formula is C23H36N8O2S. The molecule has 2 atom stereocenters. The van der Waals surface area contributed by atoms with Crippen LogP contribution >= 0.6 is 11.8 Å². The average Bonchev–Trinajstić information content (AvgIpc) is 3.55. The Morgan fingerprint density at radius 1 is 1.06 bits per heavy atom. The van der Waals surface area contributed by atoms with Gasteiger partial charge in [0, 0.05) is 43.1 Å². The zero-order valence-corrected chi connectivity index (χ0v) is 21.2. The standard InChI is InChI=1S/C23H36N8O2S/c1-16(2)31(17(3)4)12-6-5-7-23(22(24)33)15-29-20(34-23)21(32)30(13-18-25-8-9-26-18)14-19-27-10-11-28-19/h8-11,15-17,20H,5-7,12-14H2,1-4H3,(H2,24,33)(H,25,26)(H,27,28). The van der Waals surface area contributed by atoms with Crippen molar-refractivity contribution in [1.82, 2.24) is 29.7 Å². The van der Waals surface area contributed by atoms with E-state index in [9.17, 15) is 9.59 Å². The molecule has 0 radical (unpaired) electrons. The number of carbonyl (C=O) groups is 2. The van der Waals surface area contributed by atoms with E-state index in [4.69, 9.17) is 5.73 Å². The highest BCUT2D eigenvalue weighted by Gasteiger charge is 2.45. The van der Waals surface area contributed by atoms with Crippen LogP contribution in [-0.2, 0) is 22.7 Å². The zero-order valence-electron chi connectivity index (χ0n) is 20.4. The highest BCUT2D eigenvalue weighted by atomic mass is 32.2. The van der Waals surface area contributed by atoms with Gasteiger partial charge in [0.25, 0.3) is 5.91 Å². The monoisotopic (exact) mass is 488 g/mol. The number of aromatic amines is 2. The Morgan fingerprint density at radius 3 is 2.12 bits per heavy atom. The van der Waals surface area contributed by atoms with E-state index in [0.717, 1.165) is 19.4 Å². The van der Waals surface area contributed by atoms with Gasteiger partial charge in [0.1, 0.15) is 16.4 Å². The van der Waals surface area contributed by atoms with Gasteiger partial charge in [0.15, 0.2) is 5.37 Å². The minimum absolute atomic E-state index is 0.206. The number of nitrogens with one attached hydrogen (secondary N) is 2. The maximum absolute atomic E-state index is 13.4. The molecule has 10 nitrogen and oxygen atoms in total. The fourth-order valence-corrected chi connectivity index (χ4v) is 5.49. The average molecular weight is 489 g/mol. The Hall–Kier alpha value is -2.66. The Labute approximate surface area is 205 Å². The van der Waals surface area contributed by atoms with Crippen molar-refractivity contribution in [3.8, 4) is 0 Å². The van der Waals surface area contributed by atoms with E-state index in [0.29, 0.717) is 30.2 Å². The first-order chi connectivity index (χ1) is 16.2. The SMILES string of the molecule is CC(C)N(CCCCC1(C(N)=O)C=NC(C(=O)N(Cc2ncc[nH]2)Cc2ncc[nH]2)S1)C(C)C. The Bertz CT molecular complexity index is 900. The summed E-state index contributed by atoms with van der Waals surface area (Å²) < 4.78 is -0.970. The number of unbranched alkanes of at least 4 members (excludes halogenated alkanes) is 1. The molecule has 0 aliphatic carbocycles. The van der Waals surface area contributed by atoms with Gasteiger partial charge in [0.2, 0.25) is 5.91 Å². The van der Waals surface area contributed by atoms with Gasteiger partial charge in [-0.1, -0.05) is 0 Å². The molecule has 186 valence electrons. The van der Waals surface area contributed by atoms with Crippen LogP contribution in [0.25, 0.3) is 0 Å². The number of aromatic nitrogens is 4. The van der Waals surface area contributed by atoms with Crippen molar-refractivity contribution >= 4 is 29.8 Å². The lowest BCUT2D eigenvalue weighted by atomic mass is 10.0. The minimum Gasteiger partial charge on any atom is -0.368 e. The lowest BCUT2D eigenvalue weighted by Crippen LogP contribution is -2.43. The molecule has 34 heavy (non-hydrogen) atoms. The van der Waals surface area contributed by atoms with E-state index in [-0.39, 0.29) is 19.0 Å². The van der Waals surface area contributed by atoms with E-state index in [1.165, 1.54) is 11.8 Å². The van der Waals surface area contributed by atoms with Gasteiger partial charge in [-0.2, -0.15) is 0 Å². The summed E-state index contributed by atoms with van der Waals surface area (Å²) in [6.07, 6.45) is 10.6. The first-order valence-electron chi connectivity index (χ1n) is 11.7. The predicted molar refractivity (Wildman–Crippen MR) is 134 cm³/mol. The van der Waals surface area contributed by atoms with Crippen LogP contribution in [0.15, 0.2) is 29.8 Å². The fraction of sp³-hybridized carbons (Fsp3) is 0.609. The number of amides is 2. The van der Waals surface area contributed by atoms with Crippen LogP contribution < -0.4 is 5.73 Å². The smallest absolute Gasteiger partial charge is 0.258 e. The predicted octanol–water partition coefficient (Wildman–Crippen LogP) is 2.32. The molecule has 3 heterocycles. The number of primary amides is 1. The van der Waals surface area contributed by atoms with Crippen LogP contribution in [0.5, 0.6) is 0 Å². The minimum atomic E-state index is -0.970. The van der Waals surface area contributed by atoms with Gasteiger partial charge in [0.05, 0.1) is 13.1 Å². The Balaban J connectivity index is 1.63. The van der Waals surface area contributed by atoms with Crippen molar-refractivity contribution in [3.05, 3.63) is 36.4 Å². The number of imidazole rings is 2. The Kier molecular flexibility index (Phi) is 8.90. The first kappa shape index (κ1) is 26.0. The highest BCUT2D eigenvalue weighted by molar-refractivity contribution is 8.03. The number of nitrogens with zero attached hydrogens (tertiary/aromatic N) is 5. The molecule has 2 unspecified atom stereocenters. The van der Waals surface area contributed by atoms with Gasteiger partial charge in [-0.05, 0) is 53.5 Å². The third-order valence-corrected chi connectivity index (χ3v) is 7.49. The first-order valence-corrected chi connectivity index (χ1v) is 12.6. The number of nitrogens with two attached hydrogens (primary N) is 1. The number of thioether (sulfide) groups is 1. The molecule has 2 amide bonds. The van der Waals surface area contributed by atoms with Crippen molar-refractivity contribution in [3.63, 3.8) is 0 Å². The molecule has 0 bridgehead atoms. The third-order valence-electron chi connectivity index (χ3n) is 6.01. The van der Waals surface area contributed by atoms with Crippen molar-refractivity contribution in [2.45, 2.75) is 82.3 Å². The molecule has 1 aliphatic heterocycles. The topological polar surface area (TPSA) is 136 Å².